The van der Waals surface area contributed by atoms with Gasteiger partial charge in [-0.25, -0.2) is 0 Å². The largest absolute Gasteiger partial charge is 0.381 e. The summed E-state index contributed by atoms with van der Waals surface area (Å²) in [6.07, 6.45) is 3.36. The standard InChI is InChI=1S/C15H27N3O3/c1-12(19)17-10-13-2-6-18(7-3-13)14(20)15(11-16)4-8-21-9-5-15/h13H,2-11,16H2,1H3,(H,17,19). The first-order chi connectivity index (χ1) is 10.1. The molecule has 21 heavy (non-hydrogen) atoms. The third-order valence-corrected chi connectivity index (χ3v) is 4.84. The average molecular weight is 297 g/mol. The lowest BCUT2D eigenvalue weighted by Gasteiger charge is -2.41. The zero-order chi connectivity index (χ0) is 15.3. The fourth-order valence-corrected chi connectivity index (χ4v) is 3.23. The van der Waals surface area contributed by atoms with E-state index in [4.69, 9.17) is 10.5 Å². The van der Waals surface area contributed by atoms with Crippen molar-refractivity contribution in [2.45, 2.75) is 32.6 Å². The molecule has 0 spiro atoms. The van der Waals surface area contributed by atoms with Crippen LogP contribution < -0.4 is 11.1 Å². The Morgan fingerprint density at radius 3 is 2.43 bits per heavy atom. The molecule has 0 aromatic rings. The SMILES string of the molecule is CC(=O)NCC1CCN(C(=O)C2(CN)CCOCC2)CC1. The molecule has 0 aliphatic carbocycles. The molecular weight excluding hydrogens is 270 g/mol. The lowest BCUT2D eigenvalue weighted by Crippen LogP contribution is -2.53. The van der Waals surface area contributed by atoms with E-state index in [2.05, 4.69) is 5.32 Å². The number of nitrogens with two attached hydrogens (primary N) is 1. The van der Waals surface area contributed by atoms with Crippen molar-refractivity contribution < 1.29 is 14.3 Å². The van der Waals surface area contributed by atoms with E-state index in [1.165, 1.54) is 6.92 Å². The maximum atomic E-state index is 12.8. The van der Waals surface area contributed by atoms with Gasteiger partial charge in [0.05, 0.1) is 5.41 Å². The Labute approximate surface area is 126 Å². The van der Waals surface area contributed by atoms with Gasteiger partial charge in [0.2, 0.25) is 11.8 Å². The van der Waals surface area contributed by atoms with Gasteiger partial charge in [0.15, 0.2) is 0 Å². The zero-order valence-corrected chi connectivity index (χ0v) is 12.9. The molecule has 0 aromatic heterocycles. The maximum Gasteiger partial charge on any atom is 0.230 e. The molecule has 120 valence electrons. The van der Waals surface area contributed by atoms with Crippen molar-refractivity contribution in [3.63, 3.8) is 0 Å². The fourth-order valence-electron chi connectivity index (χ4n) is 3.23. The van der Waals surface area contributed by atoms with Crippen LogP contribution in [0.1, 0.15) is 32.6 Å². The summed E-state index contributed by atoms with van der Waals surface area (Å²) >= 11 is 0. The average Bonchev–Trinajstić information content (AvgIpc) is 2.53. The fraction of sp³-hybridized carbons (Fsp3) is 0.867. The highest BCUT2D eigenvalue weighted by Gasteiger charge is 2.42. The number of likely N-dealkylation sites (tertiary alicyclic amines) is 1. The minimum absolute atomic E-state index is 0.0118. The Hall–Kier alpha value is -1.14. The van der Waals surface area contributed by atoms with Crippen molar-refractivity contribution in [3.05, 3.63) is 0 Å². The Bertz CT molecular complexity index is 372. The number of hydrogen-bond donors (Lipinski definition) is 2. The molecular formula is C15H27N3O3. The molecule has 0 bridgehead atoms. The molecule has 2 heterocycles. The van der Waals surface area contributed by atoms with Crippen LogP contribution in [0, 0.1) is 11.3 Å². The lowest BCUT2D eigenvalue weighted by atomic mass is 9.78. The number of nitrogens with one attached hydrogen (secondary N) is 1. The van der Waals surface area contributed by atoms with Crippen molar-refractivity contribution in [1.29, 1.82) is 0 Å². The van der Waals surface area contributed by atoms with E-state index in [1.807, 2.05) is 4.90 Å². The van der Waals surface area contributed by atoms with Crippen LogP contribution in [-0.4, -0.2) is 56.1 Å². The molecule has 2 rings (SSSR count). The Kier molecular flexibility index (Phi) is 5.58. The molecule has 3 N–H and O–H groups in total. The van der Waals surface area contributed by atoms with Gasteiger partial charge >= 0.3 is 0 Å². The second-order valence-corrected chi connectivity index (χ2v) is 6.27. The first-order valence-electron chi connectivity index (χ1n) is 7.89. The zero-order valence-electron chi connectivity index (χ0n) is 12.9. The molecule has 6 heteroatoms. The van der Waals surface area contributed by atoms with Crippen LogP contribution in [0.5, 0.6) is 0 Å². The smallest absolute Gasteiger partial charge is 0.230 e. The summed E-state index contributed by atoms with van der Waals surface area (Å²) in [5.74, 6) is 0.686. The summed E-state index contributed by atoms with van der Waals surface area (Å²) < 4.78 is 5.37. The summed E-state index contributed by atoms with van der Waals surface area (Å²) in [5, 5.41) is 2.86. The van der Waals surface area contributed by atoms with E-state index in [9.17, 15) is 9.59 Å². The number of piperidine rings is 1. The molecule has 0 atom stereocenters. The predicted octanol–water partition coefficient (Wildman–Crippen LogP) is 0.117. The van der Waals surface area contributed by atoms with Gasteiger partial charge in [-0.15, -0.1) is 0 Å². The van der Waals surface area contributed by atoms with Gasteiger partial charge in [-0.05, 0) is 31.6 Å². The van der Waals surface area contributed by atoms with Crippen molar-refractivity contribution in [3.8, 4) is 0 Å². The summed E-state index contributed by atoms with van der Waals surface area (Å²) in [6, 6.07) is 0. The minimum Gasteiger partial charge on any atom is -0.381 e. The molecule has 6 nitrogen and oxygen atoms in total. The summed E-state index contributed by atoms with van der Waals surface area (Å²) in [5.41, 5.74) is 5.49. The predicted molar refractivity (Wildman–Crippen MR) is 79.5 cm³/mol. The number of carbonyl (C=O) groups is 2. The number of rotatable bonds is 4. The van der Waals surface area contributed by atoms with Crippen LogP contribution in [0.15, 0.2) is 0 Å². The van der Waals surface area contributed by atoms with Gasteiger partial charge in [0.1, 0.15) is 0 Å². The molecule has 2 saturated heterocycles. The number of amides is 2. The van der Waals surface area contributed by atoms with E-state index in [0.29, 0.717) is 32.2 Å². The maximum absolute atomic E-state index is 12.8. The van der Waals surface area contributed by atoms with E-state index in [1.54, 1.807) is 0 Å². The van der Waals surface area contributed by atoms with Crippen LogP contribution in [0.25, 0.3) is 0 Å². The van der Waals surface area contributed by atoms with Crippen molar-refractivity contribution in [1.82, 2.24) is 10.2 Å². The third kappa shape index (κ3) is 3.95. The quantitative estimate of drug-likeness (QED) is 0.772. The van der Waals surface area contributed by atoms with Crippen LogP contribution in [-0.2, 0) is 14.3 Å². The van der Waals surface area contributed by atoms with Crippen LogP contribution in [0.4, 0.5) is 0 Å². The molecule has 0 saturated carbocycles. The number of carbonyl (C=O) groups excluding carboxylic acids is 2. The highest BCUT2D eigenvalue weighted by Crippen LogP contribution is 2.33. The first kappa shape index (κ1) is 16.2. The molecule has 0 aromatic carbocycles. The number of hydrogen-bond acceptors (Lipinski definition) is 4. The highest BCUT2D eigenvalue weighted by atomic mass is 16.5. The Morgan fingerprint density at radius 2 is 1.90 bits per heavy atom. The monoisotopic (exact) mass is 297 g/mol. The number of ether oxygens (including phenoxy) is 1. The van der Waals surface area contributed by atoms with E-state index < -0.39 is 5.41 Å². The summed E-state index contributed by atoms with van der Waals surface area (Å²) in [6.45, 7) is 5.45. The van der Waals surface area contributed by atoms with Gasteiger partial charge in [0.25, 0.3) is 0 Å². The molecule has 0 radical (unpaired) electrons. The Balaban J connectivity index is 1.86. The van der Waals surface area contributed by atoms with Gasteiger partial charge < -0.3 is 20.7 Å². The minimum atomic E-state index is -0.414. The van der Waals surface area contributed by atoms with E-state index >= 15 is 0 Å². The first-order valence-corrected chi connectivity index (χ1v) is 7.89. The van der Waals surface area contributed by atoms with Gasteiger partial charge in [-0.2, -0.15) is 0 Å². The summed E-state index contributed by atoms with van der Waals surface area (Å²) in [4.78, 5) is 25.7. The van der Waals surface area contributed by atoms with E-state index in [0.717, 1.165) is 38.8 Å². The van der Waals surface area contributed by atoms with Crippen LogP contribution >= 0.6 is 0 Å². The van der Waals surface area contributed by atoms with Gasteiger partial charge in [-0.1, -0.05) is 0 Å². The molecule has 2 aliphatic heterocycles. The third-order valence-electron chi connectivity index (χ3n) is 4.84. The van der Waals surface area contributed by atoms with Gasteiger partial charge in [-0.3, -0.25) is 9.59 Å². The van der Waals surface area contributed by atoms with Crippen LogP contribution in [0.2, 0.25) is 0 Å². The molecule has 0 unspecified atom stereocenters. The normalized spacial score (nSPS) is 22.9. The van der Waals surface area contributed by atoms with Crippen molar-refractivity contribution in [2.75, 3.05) is 39.4 Å². The molecule has 2 amide bonds. The lowest BCUT2D eigenvalue weighted by molar-refractivity contribution is -0.148. The molecule has 2 aliphatic rings. The number of nitrogens with zero attached hydrogens (tertiary/aromatic N) is 1. The van der Waals surface area contributed by atoms with Crippen molar-refractivity contribution in [2.24, 2.45) is 17.1 Å². The van der Waals surface area contributed by atoms with Crippen LogP contribution in [0.3, 0.4) is 0 Å². The summed E-state index contributed by atoms with van der Waals surface area (Å²) in [7, 11) is 0. The second-order valence-electron chi connectivity index (χ2n) is 6.27. The van der Waals surface area contributed by atoms with E-state index in [-0.39, 0.29) is 11.8 Å². The molecule has 2 fully saturated rings. The van der Waals surface area contributed by atoms with Crippen molar-refractivity contribution >= 4 is 11.8 Å². The topological polar surface area (TPSA) is 84.7 Å². The van der Waals surface area contributed by atoms with Gasteiger partial charge in [0, 0.05) is 46.3 Å². The Morgan fingerprint density at radius 1 is 1.29 bits per heavy atom. The second kappa shape index (κ2) is 7.22. The highest BCUT2D eigenvalue weighted by molar-refractivity contribution is 5.83.